The van der Waals surface area contributed by atoms with Crippen molar-refractivity contribution in [3.8, 4) is 0 Å². The van der Waals surface area contributed by atoms with Gasteiger partial charge in [0.2, 0.25) is 0 Å². The number of benzene rings is 1. The minimum Gasteiger partial charge on any atom is -0.293 e. The van der Waals surface area contributed by atoms with Gasteiger partial charge in [0.05, 0.1) is 17.7 Å². The standard InChI is InChI=1S/C15H15F2NOS/c1-15(2,3)12-8-20-13(18-12)7-11(19)14-9(16)5-4-6-10(14)17/h4-6,8H,7H2,1-3H3. The number of rotatable bonds is 3. The van der Waals surface area contributed by atoms with Crippen LogP contribution in [-0.4, -0.2) is 10.8 Å². The van der Waals surface area contributed by atoms with E-state index in [1.165, 1.54) is 17.4 Å². The molecule has 0 saturated heterocycles. The molecular weight excluding hydrogens is 280 g/mol. The lowest BCUT2D eigenvalue weighted by Gasteiger charge is -2.14. The first-order chi connectivity index (χ1) is 9.29. The van der Waals surface area contributed by atoms with Crippen LogP contribution in [0.15, 0.2) is 23.6 Å². The third kappa shape index (κ3) is 3.10. The number of hydrogen-bond acceptors (Lipinski definition) is 3. The van der Waals surface area contributed by atoms with Gasteiger partial charge in [-0.3, -0.25) is 4.79 Å². The zero-order valence-electron chi connectivity index (χ0n) is 11.5. The lowest BCUT2D eigenvalue weighted by atomic mass is 9.93. The molecule has 0 bridgehead atoms. The predicted molar refractivity (Wildman–Crippen MR) is 75.2 cm³/mol. The molecule has 0 unspecified atom stereocenters. The van der Waals surface area contributed by atoms with E-state index in [0.717, 1.165) is 17.8 Å². The van der Waals surface area contributed by atoms with Gasteiger partial charge in [0, 0.05) is 10.8 Å². The van der Waals surface area contributed by atoms with Crippen LogP contribution in [0.5, 0.6) is 0 Å². The van der Waals surface area contributed by atoms with Gasteiger partial charge in [-0.25, -0.2) is 13.8 Å². The Morgan fingerprint density at radius 1 is 1.25 bits per heavy atom. The number of Topliss-reactive ketones (excluding diaryl/α,β-unsaturated/α-hetero) is 1. The summed E-state index contributed by atoms with van der Waals surface area (Å²) >= 11 is 1.33. The highest BCUT2D eigenvalue weighted by molar-refractivity contribution is 7.09. The van der Waals surface area contributed by atoms with Gasteiger partial charge in [-0.05, 0) is 12.1 Å². The molecule has 0 amide bonds. The highest BCUT2D eigenvalue weighted by Crippen LogP contribution is 2.25. The van der Waals surface area contributed by atoms with Crippen molar-refractivity contribution in [2.75, 3.05) is 0 Å². The Morgan fingerprint density at radius 3 is 2.35 bits per heavy atom. The van der Waals surface area contributed by atoms with Crippen LogP contribution in [0.2, 0.25) is 0 Å². The molecule has 0 saturated carbocycles. The van der Waals surface area contributed by atoms with E-state index in [1.54, 1.807) is 0 Å². The number of thiazole rings is 1. The van der Waals surface area contributed by atoms with Crippen molar-refractivity contribution in [2.24, 2.45) is 0 Å². The number of halogens is 2. The fraction of sp³-hybridized carbons (Fsp3) is 0.333. The second-order valence-corrected chi connectivity index (χ2v) is 6.52. The molecule has 0 fully saturated rings. The van der Waals surface area contributed by atoms with Gasteiger partial charge in [0.1, 0.15) is 16.6 Å². The molecule has 0 spiro atoms. The Labute approximate surface area is 120 Å². The summed E-state index contributed by atoms with van der Waals surface area (Å²) in [6.07, 6.45) is -0.0847. The number of nitrogens with zero attached hydrogens (tertiary/aromatic N) is 1. The Bertz CT molecular complexity index is 623. The molecule has 2 rings (SSSR count). The van der Waals surface area contributed by atoms with E-state index < -0.39 is 23.0 Å². The molecule has 0 aliphatic heterocycles. The Morgan fingerprint density at radius 2 is 1.85 bits per heavy atom. The molecule has 0 aliphatic carbocycles. The molecule has 0 atom stereocenters. The molecule has 1 heterocycles. The van der Waals surface area contributed by atoms with Crippen LogP contribution >= 0.6 is 11.3 Å². The van der Waals surface area contributed by atoms with Crippen molar-refractivity contribution >= 4 is 17.1 Å². The van der Waals surface area contributed by atoms with E-state index >= 15 is 0 Å². The third-order valence-electron chi connectivity index (χ3n) is 2.87. The van der Waals surface area contributed by atoms with Crippen LogP contribution in [0.4, 0.5) is 8.78 Å². The van der Waals surface area contributed by atoms with E-state index in [-0.39, 0.29) is 11.8 Å². The maximum Gasteiger partial charge on any atom is 0.175 e. The maximum absolute atomic E-state index is 13.5. The lowest BCUT2D eigenvalue weighted by molar-refractivity contribution is 0.0984. The van der Waals surface area contributed by atoms with Crippen LogP contribution in [0.1, 0.15) is 41.8 Å². The zero-order chi connectivity index (χ0) is 14.9. The monoisotopic (exact) mass is 295 g/mol. The highest BCUT2D eigenvalue weighted by Gasteiger charge is 2.21. The van der Waals surface area contributed by atoms with Crippen LogP contribution in [-0.2, 0) is 11.8 Å². The molecular formula is C15H15F2NOS. The number of aromatic nitrogens is 1. The first-order valence-corrected chi connectivity index (χ1v) is 7.09. The SMILES string of the molecule is CC(C)(C)c1csc(CC(=O)c2c(F)cccc2F)n1. The maximum atomic E-state index is 13.5. The highest BCUT2D eigenvalue weighted by atomic mass is 32.1. The smallest absolute Gasteiger partial charge is 0.175 e. The average molecular weight is 295 g/mol. The third-order valence-corrected chi connectivity index (χ3v) is 3.72. The lowest BCUT2D eigenvalue weighted by Crippen LogP contribution is -2.13. The number of ketones is 1. The summed E-state index contributed by atoms with van der Waals surface area (Å²) in [5.41, 5.74) is 0.278. The van der Waals surface area contributed by atoms with Crippen molar-refractivity contribution in [2.45, 2.75) is 32.6 Å². The summed E-state index contributed by atoms with van der Waals surface area (Å²) in [5.74, 6) is -2.25. The Hall–Kier alpha value is -1.62. The Kier molecular flexibility index (Phi) is 3.99. The van der Waals surface area contributed by atoms with E-state index in [1.807, 2.05) is 26.2 Å². The van der Waals surface area contributed by atoms with Crippen LogP contribution in [0, 0.1) is 11.6 Å². The van der Waals surface area contributed by atoms with Crippen molar-refractivity contribution in [3.05, 3.63) is 51.5 Å². The molecule has 1 aromatic carbocycles. The fourth-order valence-corrected chi connectivity index (χ4v) is 2.75. The van der Waals surface area contributed by atoms with Crippen LogP contribution < -0.4 is 0 Å². The van der Waals surface area contributed by atoms with Gasteiger partial charge in [0.15, 0.2) is 5.78 Å². The molecule has 2 nitrogen and oxygen atoms in total. The predicted octanol–water partition coefficient (Wildman–Crippen LogP) is 4.14. The largest absolute Gasteiger partial charge is 0.293 e. The molecule has 5 heteroatoms. The molecule has 0 radical (unpaired) electrons. The Balaban J connectivity index is 2.22. The molecule has 20 heavy (non-hydrogen) atoms. The number of carbonyl (C=O) groups excluding carboxylic acids is 1. The van der Waals surface area contributed by atoms with Gasteiger partial charge in [-0.2, -0.15) is 0 Å². The first-order valence-electron chi connectivity index (χ1n) is 6.21. The van der Waals surface area contributed by atoms with Crippen LogP contribution in [0.3, 0.4) is 0 Å². The van der Waals surface area contributed by atoms with Crippen molar-refractivity contribution in [3.63, 3.8) is 0 Å². The molecule has 0 N–H and O–H groups in total. The van der Waals surface area contributed by atoms with Gasteiger partial charge in [0.25, 0.3) is 0 Å². The summed E-state index contributed by atoms with van der Waals surface area (Å²) in [6.45, 7) is 6.05. The van der Waals surface area contributed by atoms with Gasteiger partial charge >= 0.3 is 0 Å². The van der Waals surface area contributed by atoms with Gasteiger partial charge in [-0.15, -0.1) is 11.3 Å². The summed E-state index contributed by atoms with van der Waals surface area (Å²) in [4.78, 5) is 16.4. The van der Waals surface area contributed by atoms with Crippen molar-refractivity contribution < 1.29 is 13.6 Å². The molecule has 106 valence electrons. The fourth-order valence-electron chi connectivity index (χ4n) is 1.73. The van der Waals surface area contributed by atoms with E-state index in [9.17, 15) is 13.6 Å². The minimum absolute atomic E-state index is 0.0847. The molecule has 0 aliphatic rings. The number of carbonyl (C=O) groups is 1. The molecule has 2 aromatic rings. The second kappa shape index (κ2) is 5.40. The quantitative estimate of drug-likeness (QED) is 0.796. The topological polar surface area (TPSA) is 30.0 Å². The van der Waals surface area contributed by atoms with Crippen molar-refractivity contribution in [1.29, 1.82) is 0 Å². The van der Waals surface area contributed by atoms with Crippen molar-refractivity contribution in [1.82, 2.24) is 4.98 Å². The van der Waals surface area contributed by atoms with E-state index in [2.05, 4.69) is 4.98 Å². The summed E-state index contributed by atoms with van der Waals surface area (Å²) < 4.78 is 27.0. The minimum atomic E-state index is -0.831. The van der Waals surface area contributed by atoms with Gasteiger partial charge in [-0.1, -0.05) is 26.8 Å². The van der Waals surface area contributed by atoms with E-state index in [0.29, 0.717) is 5.01 Å². The summed E-state index contributed by atoms with van der Waals surface area (Å²) in [5, 5.41) is 2.45. The average Bonchev–Trinajstić information content (AvgIpc) is 2.76. The molecule has 1 aromatic heterocycles. The van der Waals surface area contributed by atoms with E-state index in [4.69, 9.17) is 0 Å². The summed E-state index contributed by atoms with van der Waals surface area (Å²) in [6, 6.07) is 3.40. The van der Waals surface area contributed by atoms with Gasteiger partial charge < -0.3 is 0 Å². The zero-order valence-corrected chi connectivity index (χ0v) is 12.4. The first kappa shape index (κ1) is 14.8. The van der Waals surface area contributed by atoms with Crippen LogP contribution in [0.25, 0.3) is 0 Å². The number of hydrogen-bond donors (Lipinski definition) is 0. The second-order valence-electron chi connectivity index (χ2n) is 5.57. The summed E-state index contributed by atoms with van der Waals surface area (Å²) in [7, 11) is 0. The normalized spacial score (nSPS) is 11.7.